The number of carbonyl (C=O) groups is 2. The lowest BCUT2D eigenvalue weighted by molar-refractivity contribution is -0.124. The van der Waals surface area contributed by atoms with Crippen LogP contribution < -0.4 is 15.5 Å². The van der Waals surface area contributed by atoms with Crippen LogP contribution in [0.15, 0.2) is 70.2 Å². The average Bonchev–Trinajstić information content (AvgIpc) is 2.80. The van der Waals surface area contributed by atoms with Crippen LogP contribution in [0.2, 0.25) is 15.1 Å². The number of halogens is 4. The van der Waals surface area contributed by atoms with Crippen LogP contribution in [0.3, 0.4) is 0 Å². The first-order chi connectivity index (χ1) is 16.3. The minimum Gasteiger partial charge on any atom is -0.488 e. The first-order valence-electron chi connectivity index (χ1n) is 10.0. The maximum absolute atomic E-state index is 12.1. The molecule has 0 spiro atoms. The lowest BCUT2D eigenvalue weighted by Gasteiger charge is -2.11. The molecule has 0 atom stereocenters. The zero-order valence-electron chi connectivity index (χ0n) is 17.7. The van der Waals surface area contributed by atoms with E-state index in [1.807, 2.05) is 6.07 Å². The molecular formula is C24H19BrCl3N3O3. The molecule has 0 saturated heterocycles. The van der Waals surface area contributed by atoms with Crippen molar-refractivity contribution in [3.05, 3.63) is 91.3 Å². The van der Waals surface area contributed by atoms with Crippen molar-refractivity contribution in [1.29, 1.82) is 0 Å². The highest BCUT2D eigenvalue weighted by Crippen LogP contribution is 2.26. The quantitative estimate of drug-likeness (QED) is 0.213. The second-order valence-electron chi connectivity index (χ2n) is 7.03. The van der Waals surface area contributed by atoms with Crippen LogP contribution in [0, 0.1) is 0 Å². The molecule has 6 nitrogen and oxygen atoms in total. The highest BCUT2D eigenvalue weighted by Gasteiger charge is 2.09. The summed E-state index contributed by atoms with van der Waals surface area (Å²) >= 11 is 21.6. The number of anilines is 1. The Morgan fingerprint density at radius 2 is 1.71 bits per heavy atom. The fraction of sp³-hybridized carbons (Fsp3) is 0.125. The average molecular weight is 584 g/mol. The smallest absolute Gasteiger partial charge is 0.240 e. The number of hydrazone groups is 1. The van der Waals surface area contributed by atoms with Crippen molar-refractivity contribution in [2.75, 3.05) is 5.32 Å². The molecule has 2 N–H and O–H groups in total. The maximum Gasteiger partial charge on any atom is 0.240 e. The number of para-hydroxylation sites is 1. The third-order valence-electron chi connectivity index (χ3n) is 4.49. The molecule has 3 aromatic rings. The van der Waals surface area contributed by atoms with Gasteiger partial charge in [0.1, 0.15) is 12.4 Å². The van der Waals surface area contributed by atoms with Crippen LogP contribution in [0.4, 0.5) is 5.69 Å². The summed E-state index contributed by atoms with van der Waals surface area (Å²) in [5.74, 6) is -0.182. The maximum atomic E-state index is 12.1. The van der Waals surface area contributed by atoms with Gasteiger partial charge in [-0.25, -0.2) is 5.43 Å². The molecule has 2 amide bonds. The lowest BCUT2D eigenvalue weighted by atomic mass is 10.2. The van der Waals surface area contributed by atoms with Crippen molar-refractivity contribution in [1.82, 2.24) is 5.43 Å². The van der Waals surface area contributed by atoms with Crippen LogP contribution in [0.25, 0.3) is 0 Å². The van der Waals surface area contributed by atoms with E-state index in [9.17, 15) is 9.59 Å². The van der Waals surface area contributed by atoms with Gasteiger partial charge in [0.05, 0.1) is 16.9 Å². The fourth-order valence-corrected chi connectivity index (χ4v) is 3.80. The SMILES string of the molecule is O=C(CCC(=O)Nc1ccccc1Cl)NN=Cc1cc(Br)ccc1OCc1ccc(Cl)cc1Cl. The van der Waals surface area contributed by atoms with Gasteiger partial charge >= 0.3 is 0 Å². The van der Waals surface area contributed by atoms with Gasteiger partial charge in [-0.05, 0) is 42.5 Å². The van der Waals surface area contributed by atoms with Crippen LogP contribution >= 0.6 is 50.7 Å². The third kappa shape index (κ3) is 8.02. The fourth-order valence-electron chi connectivity index (χ4n) is 2.78. The van der Waals surface area contributed by atoms with Gasteiger partial charge in [-0.3, -0.25) is 9.59 Å². The Kier molecular flexibility index (Phi) is 9.77. The van der Waals surface area contributed by atoms with Gasteiger partial charge in [0.2, 0.25) is 11.8 Å². The number of nitrogens with zero attached hydrogens (tertiary/aromatic N) is 1. The minimum atomic E-state index is -0.407. The molecule has 3 rings (SSSR count). The Hall–Kier alpha value is -2.58. The summed E-state index contributed by atoms with van der Waals surface area (Å²) in [7, 11) is 0. The van der Waals surface area contributed by atoms with Crippen molar-refractivity contribution in [3.8, 4) is 5.75 Å². The van der Waals surface area contributed by atoms with Gasteiger partial charge in [-0.15, -0.1) is 0 Å². The van der Waals surface area contributed by atoms with Gasteiger partial charge < -0.3 is 10.1 Å². The summed E-state index contributed by atoms with van der Waals surface area (Å²) in [6.07, 6.45) is 1.41. The topological polar surface area (TPSA) is 79.8 Å². The number of ether oxygens (including phenoxy) is 1. The molecule has 0 aromatic heterocycles. The Balaban J connectivity index is 1.53. The number of carbonyl (C=O) groups excluding carboxylic acids is 2. The minimum absolute atomic E-state index is 0.0142. The van der Waals surface area contributed by atoms with Crippen molar-refractivity contribution in [2.45, 2.75) is 19.4 Å². The standard InChI is InChI=1S/C24H19BrCl3N3O3/c25-17-6-8-22(34-14-15-5-7-18(26)12-20(15)28)16(11-17)13-29-31-24(33)10-9-23(32)30-21-4-2-1-3-19(21)27/h1-8,11-13H,9-10,14H2,(H,30,32)(H,31,33). The highest BCUT2D eigenvalue weighted by atomic mass is 79.9. The monoisotopic (exact) mass is 581 g/mol. The number of rotatable bonds is 9. The molecule has 34 heavy (non-hydrogen) atoms. The Bertz CT molecular complexity index is 1220. The van der Waals surface area contributed by atoms with E-state index in [1.165, 1.54) is 6.21 Å². The first kappa shape index (κ1) is 26.0. The highest BCUT2D eigenvalue weighted by molar-refractivity contribution is 9.10. The largest absolute Gasteiger partial charge is 0.488 e. The molecule has 0 fully saturated rings. The molecule has 10 heteroatoms. The van der Waals surface area contributed by atoms with Crippen molar-refractivity contribution in [3.63, 3.8) is 0 Å². The predicted octanol–water partition coefficient (Wildman–Crippen LogP) is 6.86. The van der Waals surface area contributed by atoms with Crippen molar-refractivity contribution in [2.24, 2.45) is 5.10 Å². The second-order valence-corrected chi connectivity index (χ2v) is 9.19. The number of amides is 2. The molecule has 0 aliphatic heterocycles. The number of hydrogen-bond donors (Lipinski definition) is 2. The molecule has 0 aliphatic rings. The lowest BCUT2D eigenvalue weighted by Crippen LogP contribution is -2.20. The van der Waals surface area contributed by atoms with Gasteiger partial charge in [-0.2, -0.15) is 5.10 Å². The van der Waals surface area contributed by atoms with E-state index < -0.39 is 5.91 Å². The van der Waals surface area contributed by atoms with Crippen LogP contribution in [0.5, 0.6) is 5.75 Å². The van der Waals surface area contributed by atoms with Gasteiger partial charge in [0.25, 0.3) is 0 Å². The summed E-state index contributed by atoms with van der Waals surface area (Å²) in [6.45, 7) is 0.228. The number of hydrogen-bond acceptors (Lipinski definition) is 4. The van der Waals surface area contributed by atoms with Crippen molar-refractivity contribution < 1.29 is 14.3 Å². The van der Waals surface area contributed by atoms with E-state index in [-0.39, 0.29) is 25.4 Å². The summed E-state index contributed by atoms with van der Waals surface area (Å²) < 4.78 is 6.70. The van der Waals surface area contributed by atoms with Gasteiger partial charge in [0, 0.05) is 38.5 Å². The second kappa shape index (κ2) is 12.8. The molecule has 0 radical (unpaired) electrons. The zero-order valence-corrected chi connectivity index (χ0v) is 21.5. The van der Waals surface area contributed by atoms with E-state index in [2.05, 4.69) is 31.8 Å². The van der Waals surface area contributed by atoms with Gasteiger partial charge in [-0.1, -0.05) is 68.9 Å². The third-order valence-corrected chi connectivity index (χ3v) is 5.90. The molecule has 0 unspecified atom stereocenters. The molecule has 0 aliphatic carbocycles. The van der Waals surface area contributed by atoms with E-state index in [0.29, 0.717) is 32.1 Å². The van der Waals surface area contributed by atoms with E-state index >= 15 is 0 Å². The Labute approximate surface area is 220 Å². The van der Waals surface area contributed by atoms with Crippen LogP contribution in [-0.2, 0) is 16.2 Å². The molecule has 0 bridgehead atoms. The van der Waals surface area contributed by atoms with Crippen LogP contribution in [-0.4, -0.2) is 18.0 Å². The van der Waals surface area contributed by atoms with Crippen LogP contribution in [0.1, 0.15) is 24.0 Å². The first-order valence-corrected chi connectivity index (χ1v) is 12.0. The summed E-state index contributed by atoms with van der Waals surface area (Å²) in [4.78, 5) is 24.1. The summed E-state index contributed by atoms with van der Waals surface area (Å²) in [5.41, 5.74) is 4.32. The Morgan fingerprint density at radius 1 is 0.941 bits per heavy atom. The van der Waals surface area contributed by atoms with Crippen molar-refractivity contribution >= 4 is 74.4 Å². The molecular weight excluding hydrogens is 565 g/mol. The summed E-state index contributed by atoms with van der Waals surface area (Å²) in [6, 6.07) is 17.4. The predicted molar refractivity (Wildman–Crippen MR) is 140 cm³/mol. The number of benzene rings is 3. The van der Waals surface area contributed by atoms with E-state index in [4.69, 9.17) is 39.5 Å². The molecule has 3 aromatic carbocycles. The zero-order chi connectivity index (χ0) is 24.5. The molecule has 0 saturated carbocycles. The Morgan fingerprint density at radius 3 is 2.47 bits per heavy atom. The summed E-state index contributed by atoms with van der Waals surface area (Å²) in [5, 5.41) is 8.12. The normalized spacial score (nSPS) is 10.8. The van der Waals surface area contributed by atoms with E-state index in [1.54, 1.807) is 54.6 Å². The van der Waals surface area contributed by atoms with Gasteiger partial charge in [0.15, 0.2) is 0 Å². The molecule has 176 valence electrons. The van der Waals surface area contributed by atoms with E-state index in [0.717, 1.165) is 10.0 Å². The number of nitrogens with one attached hydrogen (secondary N) is 2. The molecule has 0 heterocycles.